The Kier molecular flexibility index (Phi) is 5.73. The van der Waals surface area contributed by atoms with Gasteiger partial charge in [0.05, 0.1) is 12.2 Å². The molecule has 0 aromatic heterocycles. The minimum absolute atomic E-state index is 0.0210. The Morgan fingerprint density at radius 2 is 2.31 bits per heavy atom. The van der Waals surface area contributed by atoms with Gasteiger partial charge < -0.3 is 20.3 Å². The third-order valence-corrected chi connectivity index (χ3v) is 2.73. The monoisotopic (exact) mass is 231 g/mol. The first-order valence-corrected chi connectivity index (χ1v) is 5.86. The molecule has 1 fully saturated rings. The van der Waals surface area contributed by atoms with Crippen molar-refractivity contribution in [3.05, 3.63) is 0 Å². The van der Waals surface area contributed by atoms with Crippen LogP contribution in [0.15, 0.2) is 0 Å². The fraction of sp³-hybridized carbons (Fsp3) is 0.909. The molecular formula is C11H21NO4. The van der Waals surface area contributed by atoms with Crippen LogP contribution in [0.3, 0.4) is 0 Å². The average molecular weight is 231 g/mol. The summed E-state index contributed by atoms with van der Waals surface area (Å²) in [6.07, 6.45) is 2.27. The minimum atomic E-state index is -0.864. The van der Waals surface area contributed by atoms with Crippen LogP contribution in [0.2, 0.25) is 0 Å². The zero-order chi connectivity index (χ0) is 12.0. The first-order valence-electron chi connectivity index (χ1n) is 5.86. The summed E-state index contributed by atoms with van der Waals surface area (Å²) in [6, 6.07) is 0. The highest BCUT2D eigenvalue weighted by atomic mass is 16.5. The number of rotatable bonds is 7. The van der Waals surface area contributed by atoms with Crippen LogP contribution >= 0.6 is 0 Å². The molecule has 1 saturated heterocycles. The maximum absolute atomic E-state index is 10.6. The molecule has 0 amide bonds. The molecule has 5 nitrogen and oxygen atoms in total. The number of aliphatic hydroxyl groups is 1. The van der Waals surface area contributed by atoms with Crippen molar-refractivity contribution in [2.24, 2.45) is 0 Å². The van der Waals surface area contributed by atoms with Crippen molar-refractivity contribution in [2.75, 3.05) is 13.1 Å². The third-order valence-electron chi connectivity index (χ3n) is 2.73. The van der Waals surface area contributed by atoms with Crippen LogP contribution in [0.1, 0.15) is 32.6 Å². The van der Waals surface area contributed by atoms with E-state index >= 15 is 0 Å². The van der Waals surface area contributed by atoms with Crippen molar-refractivity contribution in [1.82, 2.24) is 5.32 Å². The number of hydrogen-bond acceptors (Lipinski definition) is 4. The van der Waals surface area contributed by atoms with Gasteiger partial charge in [-0.1, -0.05) is 0 Å². The van der Waals surface area contributed by atoms with E-state index in [2.05, 4.69) is 5.32 Å². The van der Waals surface area contributed by atoms with Crippen molar-refractivity contribution >= 4 is 5.97 Å². The third kappa shape index (κ3) is 4.92. The molecule has 0 aromatic carbocycles. The van der Waals surface area contributed by atoms with Gasteiger partial charge in [-0.3, -0.25) is 0 Å². The zero-order valence-electron chi connectivity index (χ0n) is 9.69. The van der Waals surface area contributed by atoms with Crippen LogP contribution in [0.5, 0.6) is 0 Å². The number of carboxylic acids is 1. The van der Waals surface area contributed by atoms with Gasteiger partial charge in [-0.2, -0.15) is 0 Å². The second-order valence-corrected chi connectivity index (χ2v) is 4.36. The Bertz CT molecular complexity index is 220. The molecule has 0 aromatic rings. The van der Waals surface area contributed by atoms with E-state index in [4.69, 9.17) is 14.9 Å². The van der Waals surface area contributed by atoms with Crippen LogP contribution in [0, 0.1) is 0 Å². The highest BCUT2D eigenvalue weighted by Gasteiger charge is 2.29. The van der Waals surface area contributed by atoms with Gasteiger partial charge in [-0.15, -0.1) is 0 Å². The molecule has 94 valence electrons. The lowest BCUT2D eigenvalue weighted by molar-refractivity contribution is -0.149. The second-order valence-electron chi connectivity index (χ2n) is 4.36. The number of aliphatic hydroxyl groups excluding tert-OH is 1. The number of carboxylic acid groups (broad SMARTS) is 1. The summed E-state index contributed by atoms with van der Waals surface area (Å²) < 4.78 is 5.34. The van der Waals surface area contributed by atoms with E-state index in [1.165, 1.54) is 0 Å². The molecule has 0 aliphatic carbocycles. The van der Waals surface area contributed by atoms with E-state index < -0.39 is 12.1 Å². The van der Waals surface area contributed by atoms with Crippen LogP contribution < -0.4 is 5.32 Å². The van der Waals surface area contributed by atoms with Gasteiger partial charge >= 0.3 is 5.97 Å². The van der Waals surface area contributed by atoms with Gasteiger partial charge in [-0.25, -0.2) is 4.79 Å². The predicted octanol–water partition coefficient (Wildman–Crippen LogP) is 0.369. The molecule has 5 heteroatoms. The van der Waals surface area contributed by atoms with Crippen molar-refractivity contribution in [3.8, 4) is 0 Å². The van der Waals surface area contributed by atoms with E-state index in [1.807, 2.05) is 0 Å². The summed E-state index contributed by atoms with van der Waals surface area (Å²) in [5, 5.41) is 21.0. The Labute approximate surface area is 95.8 Å². The summed E-state index contributed by atoms with van der Waals surface area (Å²) in [6.45, 7) is 3.31. The molecule has 1 rings (SSSR count). The van der Waals surface area contributed by atoms with E-state index in [0.29, 0.717) is 13.0 Å². The highest BCUT2D eigenvalue weighted by molar-refractivity contribution is 5.72. The molecule has 3 unspecified atom stereocenters. The van der Waals surface area contributed by atoms with Gasteiger partial charge in [0.15, 0.2) is 6.10 Å². The number of hydrogen-bond donors (Lipinski definition) is 3. The van der Waals surface area contributed by atoms with Gasteiger partial charge in [0.1, 0.15) is 0 Å². The van der Waals surface area contributed by atoms with E-state index in [-0.39, 0.29) is 12.2 Å². The molecule has 1 aliphatic rings. The van der Waals surface area contributed by atoms with Gasteiger partial charge in [0.25, 0.3) is 0 Å². The van der Waals surface area contributed by atoms with Crippen molar-refractivity contribution in [2.45, 2.75) is 50.9 Å². The molecule has 0 saturated carbocycles. The maximum atomic E-state index is 10.6. The van der Waals surface area contributed by atoms with Crippen LogP contribution in [0.4, 0.5) is 0 Å². The average Bonchev–Trinajstić information content (AvgIpc) is 2.65. The van der Waals surface area contributed by atoms with Gasteiger partial charge in [-0.05, 0) is 39.2 Å². The van der Waals surface area contributed by atoms with Crippen LogP contribution in [-0.2, 0) is 9.53 Å². The van der Waals surface area contributed by atoms with Crippen molar-refractivity contribution in [1.29, 1.82) is 0 Å². The van der Waals surface area contributed by atoms with Gasteiger partial charge in [0, 0.05) is 6.54 Å². The largest absolute Gasteiger partial charge is 0.479 e. The van der Waals surface area contributed by atoms with Crippen LogP contribution in [-0.4, -0.2) is 47.6 Å². The number of ether oxygens (including phenoxy) is 1. The molecule has 3 atom stereocenters. The minimum Gasteiger partial charge on any atom is -0.479 e. The van der Waals surface area contributed by atoms with E-state index in [9.17, 15) is 4.79 Å². The molecule has 0 bridgehead atoms. The summed E-state index contributed by atoms with van der Waals surface area (Å²) in [7, 11) is 0. The first-order chi connectivity index (χ1) is 7.59. The summed E-state index contributed by atoms with van der Waals surface area (Å²) >= 11 is 0. The lowest BCUT2D eigenvalue weighted by Gasteiger charge is -2.12. The second kappa shape index (κ2) is 6.83. The van der Waals surface area contributed by atoms with Crippen LogP contribution in [0.25, 0.3) is 0 Å². The molecule has 0 spiro atoms. The quantitative estimate of drug-likeness (QED) is 0.552. The lowest BCUT2D eigenvalue weighted by atomic mass is 10.2. The SMILES string of the molecule is CC(O)CCCNCC1CCC(C(=O)O)O1. The standard InChI is InChI=1S/C11H21NO4/c1-8(13)3-2-6-12-7-9-4-5-10(16-9)11(14)15/h8-10,12-13H,2-7H2,1H3,(H,14,15). The molecule has 3 N–H and O–H groups in total. The molecule has 1 heterocycles. The number of aliphatic carboxylic acids is 1. The molecule has 16 heavy (non-hydrogen) atoms. The summed E-state index contributed by atoms with van der Waals surface area (Å²) in [5.41, 5.74) is 0. The highest BCUT2D eigenvalue weighted by Crippen LogP contribution is 2.19. The molecule has 0 radical (unpaired) electrons. The zero-order valence-corrected chi connectivity index (χ0v) is 9.69. The Balaban J connectivity index is 2.00. The lowest BCUT2D eigenvalue weighted by Crippen LogP contribution is -2.29. The predicted molar refractivity (Wildman–Crippen MR) is 59.3 cm³/mol. The Hall–Kier alpha value is -0.650. The fourth-order valence-electron chi connectivity index (χ4n) is 1.82. The van der Waals surface area contributed by atoms with E-state index in [1.54, 1.807) is 6.92 Å². The van der Waals surface area contributed by atoms with Crippen molar-refractivity contribution < 1.29 is 19.7 Å². The van der Waals surface area contributed by atoms with Gasteiger partial charge in [0.2, 0.25) is 0 Å². The Morgan fingerprint density at radius 1 is 1.56 bits per heavy atom. The number of nitrogens with one attached hydrogen (secondary N) is 1. The van der Waals surface area contributed by atoms with E-state index in [0.717, 1.165) is 25.8 Å². The molecule has 1 aliphatic heterocycles. The Morgan fingerprint density at radius 3 is 2.88 bits per heavy atom. The summed E-state index contributed by atoms with van der Waals surface area (Å²) in [4.78, 5) is 10.6. The number of carbonyl (C=O) groups is 1. The first kappa shape index (κ1) is 13.4. The molecular weight excluding hydrogens is 210 g/mol. The van der Waals surface area contributed by atoms with Crippen molar-refractivity contribution in [3.63, 3.8) is 0 Å². The topological polar surface area (TPSA) is 78.8 Å². The normalized spacial score (nSPS) is 26.9. The maximum Gasteiger partial charge on any atom is 0.332 e. The summed E-state index contributed by atoms with van der Waals surface area (Å²) in [5.74, 6) is -0.864. The smallest absolute Gasteiger partial charge is 0.332 e. The fourth-order valence-corrected chi connectivity index (χ4v) is 1.82.